The van der Waals surface area contributed by atoms with E-state index in [4.69, 9.17) is 5.26 Å². The Hall–Kier alpha value is -2.16. The molecule has 1 saturated heterocycles. The second-order valence-corrected chi connectivity index (χ2v) is 7.13. The summed E-state index contributed by atoms with van der Waals surface area (Å²) in [5, 5.41) is 14.1. The van der Waals surface area contributed by atoms with E-state index in [0.29, 0.717) is 11.1 Å². The van der Waals surface area contributed by atoms with Crippen LogP contribution in [0.4, 0.5) is 0 Å². The highest BCUT2D eigenvalue weighted by molar-refractivity contribution is 7.10. The van der Waals surface area contributed by atoms with Crippen LogP contribution in [0.5, 0.6) is 0 Å². The van der Waals surface area contributed by atoms with Crippen molar-refractivity contribution in [2.24, 2.45) is 0 Å². The minimum Gasteiger partial charge on any atom is -0.348 e. The Bertz CT molecular complexity index is 712. The molecule has 1 fully saturated rings. The summed E-state index contributed by atoms with van der Waals surface area (Å²) in [7, 11) is 0. The van der Waals surface area contributed by atoms with Crippen molar-refractivity contribution in [3.8, 4) is 6.07 Å². The largest absolute Gasteiger partial charge is 0.348 e. The van der Waals surface area contributed by atoms with E-state index >= 15 is 0 Å². The lowest BCUT2D eigenvalue weighted by atomic mass is 10.1. The second-order valence-electron chi connectivity index (χ2n) is 6.15. The highest BCUT2D eigenvalue weighted by Crippen LogP contribution is 2.31. The molecule has 2 heterocycles. The summed E-state index contributed by atoms with van der Waals surface area (Å²) in [5.74, 6) is -0.0901. The number of hydrogen-bond donors (Lipinski definition) is 1. The maximum Gasteiger partial charge on any atom is 0.251 e. The van der Waals surface area contributed by atoms with Crippen LogP contribution in [0.3, 0.4) is 0 Å². The van der Waals surface area contributed by atoms with Crippen LogP contribution in [0.25, 0.3) is 0 Å². The first-order valence-electron chi connectivity index (χ1n) is 8.27. The number of nitrogens with one attached hydrogen (secondary N) is 1. The zero-order valence-electron chi connectivity index (χ0n) is 13.7. The normalized spacial score (nSPS) is 17.2. The summed E-state index contributed by atoms with van der Waals surface area (Å²) in [6, 6.07) is 13.3. The quantitative estimate of drug-likeness (QED) is 0.906. The summed E-state index contributed by atoms with van der Waals surface area (Å²) in [4.78, 5) is 16.3. The van der Waals surface area contributed by atoms with Gasteiger partial charge in [0.15, 0.2) is 0 Å². The molecule has 0 aliphatic carbocycles. The number of amides is 1. The van der Waals surface area contributed by atoms with Crippen molar-refractivity contribution in [1.29, 1.82) is 5.26 Å². The number of rotatable bonds is 5. The summed E-state index contributed by atoms with van der Waals surface area (Å²) >= 11 is 1.75. The van der Waals surface area contributed by atoms with Crippen molar-refractivity contribution in [1.82, 2.24) is 10.2 Å². The van der Waals surface area contributed by atoms with Crippen LogP contribution < -0.4 is 5.32 Å². The highest BCUT2D eigenvalue weighted by Gasteiger charge is 2.30. The van der Waals surface area contributed by atoms with E-state index in [1.54, 1.807) is 35.6 Å². The summed E-state index contributed by atoms with van der Waals surface area (Å²) in [6.07, 6.45) is 2.44. The molecule has 24 heavy (non-hydrogen) atoms. The zero-order valence-corrected chi connectivity index (χ0v) is 14.6. The van der Waals surface area contributed by atoms with Crippen molar-refractivity contribution < 1.29 is 4.79 Å². The monoisotopic (exact) mass is 339 g/mol. The van der Waals surface area contributed by atoms with E-state index in [1.165, 1.54) is 17.7 Å². The molecule has 1 aliphatic rings. The highest BCUT2D eigenvalue weighted by atomic mass is 32.1. The van der Waals surface area contributed by atoms with Gasteiger partial charge in [0.1, 0.15) is 0 Å². The predicted octanol–water partition coefficient (Wildman–Crippen LogP) is 3.58. The topological polar surface area (TPSA) is 56.1 Å². The average molecular weight is 339 g/mol. The number of nitrogens with zero attached hydrogens (tertiary/aromatic N) is 2. The number of thiophene rings is 1. The molecule has 2 aromatic rings. The molecule has 5 heteroatoms. The van der Waals surface area contributed by atoms with Crippen LogP contribution in [0, 0.1) is 11.3 Å². The lowest BCUT2D eigenvalue weighted by Gasteiger charge is -2.32. The number of hydrogen-bond acceptors (Lipinski definition) is 4. The van der Waals surface area contributed by atoms with Gasteiger partial charge in [0.05, 0.1) is 17.7 Å². The Morgan fingerprint density at radius 1 is 1.25 bits per heavy atom. The minimum atomic E-state index is -0.0901. The van der Waals surface area contributed by atoms with Gasteiger partial charge in [0, 0.05) is 16.5 Å². The Kier molecular flexibility index (Phi) is 5.29. The van der Waals surface area contributed by atoms with E-state index in [9.17, 15) is 4.79 Å². The molecule has 1 N–H and O–H groups in total. The van der Waals surface area contributed by atoms with Crippen LogP contribution >= 0.6 is 11.3 Å². The Morgan fingerprint density at radius 2 is 1.96 bits per heavy atom. The average Bonchev–Trinajstić information content (AvgIpc) is 3.29. The predicted molar refractivity (Wildman–Crippen MR) is 96.0 cm³/mol. The molecule has 1 aromatic heterocycles. The van der Waals surface area contributed by atoms with E-state index < -0.39 is 0 Å². The molecule has 0 saturated carbocycles. The van der Waals surface area contributed by atoms with Crippen molar-refractivity contribution in [3.05, 3.63) is 57.8 Å². The minimum absolute atomic E-state index is 0.0184. The molecule has 1 aliphatic heterocycles. The fraction of sp³-hybridized carbons (Fsp3) is 0.368. The van der Waals surface area contributed by atoms with Gasteiger partial charge in [0.2, 0.25) is 0 Å². The van der Waals surface area contributed by atoms with Gasteiger partial charge in [-0.25, -0.2) is 0 Å². The molecule has 124 valence electrons. The lowest BCUT2D eigenvalue weighted by Crippen LogP contribution is -2.43. The maximum absolute atomic E-state index is 12.5. The summed E-state index contributed by atoms with van der Waals surface area (Å²) in [6.45, 7) is 4.24. The molecule has 0 bridgehead atoms. The third-order valence-corrected chi connectivity index (χ3v) is 5.42. The van der Waals surface area contributed by atoms with Gasteiger partial charge in [-0.05, 0) is 68.6 Å². The molecule has 1 amide bonds. The van der Waals surface area contributed by atoms with E-state index in [1.807, 2.05) is 0 Å². The Labute approximate surface area is 146 Å². The zero-order chi connectivity index (χ0) is 16.9. The van der Waals surface area contributed by atoms with Crippen molar-refractivity contribution in [2.75, 3.05) is 13.1 Å². The first-order valence-corrected chi connectivity index (χ1v) is 9.15. The van der Waals surface area contributed by atoms with Crippen molar-refractivity contribution in [2.45, 2.75) is 31.8 Å². The Balaban J connectivity index is 1.73. The maximum atomic E-state index is 12.5. The molecule has 2 unspecified atom stereocenters. The molecule has 1 aromatic carbocycles. The van der Waals surface area contributed by atoms with Crippen LogP contribution in [0.1, 0.15) is 46.6 Å². The second kappa shape index (κ2) is 7.61. The van der Waals surface area contributed by atoms with Gasteiger partial charge < -0.3 is 5.32 Å². The fourth-order valence-electron chi connectivity index (χ4n) is 3.29. The summed E-state index contributed by atoms with van der Waals surface area (Å²) < 4.78 is 0. The van der Waals surface area contributed by atoms with Crippen LogP contribution in [-0.4, -0.2) is 29.9 Å². The molecular weight excluding hydrogens is 318 g/mol. The molecule has 0 radical (unpaired) electrons. The number of benzene rings is 1. The molecule has 0 spiro atoms. The molecule has 4 nitrogen and oxygen atoms in total. The summed E-state index contributed by atoms with van der Waals surface area (Å²) in [5.41, 5.74) is 1.15. The fourth-order valence-corrected chi connectivity index (χ4v) is 4.25. The molecular formula is C19H21N3OS. The van der Waals surface area contributed by atoms with E-state index in [2.05, 4.69) is 40.7 Å². The van der Waals surface area contributed by atoms with Gasteiger partial charge in [-0.2, -0.15) is 5.26 Å². The third kappa shape index (κ3) is 3.66. The first-order chi connectivity index (χ1) is 11.7. The molecule has 3 rings (SSSR count). The van der Waals surface area contributed by atoms with Crippen molar-refractivity contribution in [3.63, 3.8) is 0 Å². The van der Waals surface area contributed by atoms with E-state index in [-0.39, 0.29) is 18.0 Å². The van der Waals surface area contributed by atoms with Gasteiger partial charge in [0.25, 0.3) is 5.91 Å². The number of carbonyl (C=O) groups excluding carboxylic acids is 1. The van der Waals surface area contributed by atoms with Crippen LogP contribution in [0.2, 0.25) is 0 Å². The van der Waals surface area contributed by atoms with Crippen molar-refractivity contribution >= 4 is 17.2 Å². The molecule has 2 atom stereocenters. The third-order valence-electron chi connectivity index (χ3n) is 4.48. The number of likely N-dealkylation sites (tertiary alicyclic amines) is 1. The van der Waals surface area contributed by atoms with Gasteiger partial charge in [-0.3, -0.25) is 9.69 Å². The van der Waals surface area contributed by atoms with Crippen LogP contribution in [-0.2, 0) is 0 Å². The first kappa shape index (κ1) is 16.7. The van der Waals surface area contributed by atoms with Gasteiger partial charge in [-0.1, -0.05) is 6.07 Å². The number of carbonyl (C=O) groups is 1. The standard InChI is InChI=1S/C19H21N3OS/c1-14(21-19(23)16-8-6-15(13-20)7-9-16)18(17-5-4-12-24-17)22-10-2-3-11-22/h4-9,12,14,18H,2-3,10-11H2,1H3,(H,21,23). The van der Waals surface area contributed by atoms with Gasteiger partial charge in [-0.15, -0.1) is 11.3 Å². The SMILES string of the molecule is CC(NC(=O)c1ccc(C#N)cc1)C(c1cccs1)N1CCCC1. The van der Waals surface area contributed by atoms with Gasteiger partial charge >= 0.3 is 0 Å². The van der Waals surface area contributed by atoms with E-state index in [0.717, 1.165) is 13.1 Å². The Morgan fingerprint density at radius 3 is 2.54 bits per heavy atom. The smallest absolute Gasteiger partial charge is 0.251 e. The number of nitriles is 1. The van der Waals surface area contributed by atoms with Crippen LogP contribution in [0.15, 0.2) is 41.8 Å². The lowest BCUT2D eigenvalue weighted by molar-refractivity contribution is 0.0908.